The summed E-state index contributed by atoms with van der Waals surface area (Å²) in [5, 5.41) is 2.90. The lowest BCUT2D eigenvalue weighted by Gasteiger charge is -2.19. The monoisotopic (exact) mass is 449 g/mol. The summed E-state index contributed by atoms with van der Waals surface area (Å²) in [6.07, 6.45) is 0. The Morgan fingerprint density at radius 2 is 1.31 bits per heavy atom. The summed E-state index contributed by atoms with van der Waals surface area (Å²) >= 11 is 1.31. The maximum atomic E-state index is 12.9. The second kappa shape index (κ2) is 8.91. The van der Waals surface area contributed by atoms with Crippen LogP contribution in [0.2, 0.25) is 0 Å². The number of benzene rings is 2. The number of carbonyl (C=O) groups excluding carboxylic acids is 2. The molecule has 0 saturated carbocycles. The van der Waals surface area contributed by atoms with E-state index in [4.69, 9.17) is 4.74 Å². The van der Waals surface area contributed by atoms with E-state index in [1.165, 1.54) is 24.0 Å². The zero-order valence-electron chi connectivity index (χ0n) is 19.8. The third-order valence-electron chi connectivity index (χ3n) is 5.40. The number of nitrogens with one attached hydrogen (secondary N) is 1. The molecule has 3 rings (SSSR count). The van der Waals surface area contributed by atoms with Gasteiger partial charge in [0, 0.05) is 10.4 Å². The van der Waals surface area contributed by atoms with Gasteiger partial charge in [0.05, 0.1) is 12.8 Å². The van der Waals surface area contributed by atoms with Gasteiger partial charge in [0.2, 0.25) is 0 Å². The Hall–Kier alpha value is -2.92. The second-order valence-corrected chi connectivity index (χ2v) is 11.0. The van der Waals surface area contributed by atoms with E-state index in [0.717, 1.165) is 16.0 Å². The van der Waals surface area contributed by atoms with Crippen LogP contribution in [0.4, 0.5) is 5.69 Å². The highest BCUT2D eigenvalue weighted by Gasteiger charge is 2.21. The Morgan fingerprint density at radius 1 is 0.812 bits per heavy atom. The van der Waals surface area contributed by atoms with Gasteiger partial charge in [-0.2, -0.15) is 0 Å². The Morgan fingerprint density at radius 3 is 1.78 bits per heavy atom. The molecule has 4 nitrogen and oxygen atoms in total. The van der Waals surface area contributed by atoms with Crippen LogP contribution < -0.4 is 5.32 Å². The molecule has 2 aromatic carbocycles. The van der Waals surface area contributed by atoms with Crippen molar-refractivity contribution in [2.75, 3.05) is 12.4 Å². The van der Waals surface area contributed by atoms with Crippen molar-refractivity contribution in [1.29, 1.82) is 0 Å². The van der Waals surface area contributed by atoms with Gasteiger partial charge in [-0.25, -0.2) is 4.79 Å². The predicted octanol–water partition coefficient (Wildman–Crippen LogP) is 7.05. The SMILES string of the molecule is COC(=O)c1sc(-c2ccc(C(C)(C)C)cc2)cc1NC(=O)c1ccc(C(C)(C)C)cc1. The van der Waals surface area contributed by atoms with E-state index >= 15 is 0 Å². The maximum Gasteiger partial charge on any atom is 0.350 e. The van der Waals surface area contributed by atoms with E-state index in [-0.39, 0.29) is 16.7 Å². The highest BCUT2D eigenvalue weighted by molar-refractivity contribution is 7.18. The summed E-state index contributed by atoms with van der Waals surface area (Å²) in [6, 6.07) is 17.7. The number of anilines is 1. The molecule has 0 atom stereocenters. The topological polar surface area (TPSA) is 55.4 Å². The first-order chi connectivity index (χ1) is 14.9. The van der Waals surface area contributed by atoms with Crippen LogP contribution in [0.15, 0.2) is 54.6 Å². The molecule has 3 aromatic rings. The van der Waals surface area contributed by atoms with E-state index < -0.39 is 5.97 Å². The number of rotatable bonds is 4. The molecule has 0 unspecified atom stereocenters. The highest BCUT2D eigenvalue weighted by Crippen LogP contribution is 2.36. The molecule has 1 heterocycles. The number of esters is 1. The first-order valence-corrected chi connectivity index (χ1v) is 11.5. The highest BCUT2D eigenvalue weighted by atomic mass is 32.1. The number of methoxy groups -OCH3 is 1. The summed E-state index contributed by atoms with van der Waals surface area (Å²) in [5.41, 5.74) is 4.45. The number of thiophene rings is 1. The molecule has 1 amide bonds. The fourth-order valence-corrected chi connectivity index (χ4v) is 4.36. The van der Waals surface area contributed by atoms with Crippen LogP contribution in [0.25, 0.3) is 10.4 Å². The molecule has 1 N–H and O–H groups in total. The number of hydrogen-bond acceptors (Lipinski definition) is 4. The summed E-state index contributed by atoms with van der Waals surface area (Å²) in [5.74, 6) is -0.728. The molecule has 0 aliphatic rings. The van der Waals surface area contributed by atoms with Crippen molar-refractivity contribution < 1.29 is 14.3 Å². The minimum absolute atomic E-state index is 0.0118. The van der Waals surface area contributed by atoms with Crippen LogP contribution in [-0.4, -0.2) is 19.0 Å². The zero-order chi connectivity index (χ0) is 23.7. The molecule has 0 fully saturated rings. The minimum Gasteiger partial charge on any atom is -0.465 e. The Kier molecular flexibility index (Phi) is 6.61. The smallest absolute Gasteiger partial charge is 0.350 e. The van der Waals surface area contributed by atoms with Gasteiger partial charge in [-0.1, -0.05) is 77.9 Å². The summed E-state index contributed by atoms with van der Waals surface area (Å²) in [7, 11) is 1.34. The molecule has 0 spiro atoms. The van der Waals surface area contributed by atoms with Crippen LogP contribution in [-0.2, 0) is 15.6 Å². The van der Waals surface area contributed by atoms with Crippen molar-refractivity contribution in [2.24, 2.45) is 0 Å². The average Bonchev–Trinajstić information content (AvgIpc) is 3.16. The fraction of sp³-hybridized carbons (Fsp3) is 0.333. The Balaban J connectivity index is 1.90. The van der Waals surface area contributed by atoms with Gasteiger partial charge in [0.1, 0.15) is 4.88 Å². The number of ether oxygens (including phenoxy) is 1. The molecule has 5 heteroatoms. The van der Waals surface area contributed by atoms with Crippen LogP contribution in [0.1, 0.15) is 72.7 Å². The largest absolute Gasteiger partial charge is 0.465 e. The summed E-state index contributed by atoms with van der Waals surface area (Å²) in [6.45, 7) is 12.9. The lowest BCUT2D eigenvalue weighted by molar-refractivity contribution is 0.0607. The first-order valence-electron chi connectivity index (χ1n) is 10.6. The van der Waals surface area contributed by atoms with Crippen molar-refractivity contribution in [1.82, 2.24) is 0 Å². The predicted molar refractivity (Wildman–Crippen MR) is 133 cm³/mol. The van der Waals surface area contributed by atoms with Crippen LogP contribution in [0.5, 0.6) is 0 Å². The third-order valence-corrected chi connectivity index (χ3v) is 6.56. The lowest BCUT2D eigenvalue weighted by atomic mass is 9.86. The van der Waals surface area contributed by atoms with Gasteiger partial charge in [-0.15, -0.1) is 11.3 Å². The standard InChI is InChI=1S/C27H31NO3S/c1-26(2,3)19-12-8-17(9-13-19)22-16-21(23(32-22)25(30)31-7)28-24(29)18-10-14-20(15-11-18)27(4,5)6/h8-16H,1-7H3,(H,28,29). The van der Waals surface area contributed by atoms with Gasteiger partial charge >= 0.3 is 5.97 Å². The van der Waals surface area contributed by atoms with Crippen molar-refractivity contribution in [3.05, 3.63) is 76.2 Å². The van der Waals surface area contributed by atoms with Gasteiger partial charge in [0.15, 0.2) is 0 Å². The van der Waals surface area contributed by atoms with Gasteiger partial charge in [-0.05, 0) is 45.7 Å². The fourth-order valence-electron chi connectivity index (χ4n) is 3.32. The van der Waals surface area contributed by atoms with E-state index in [1.54, 1.807) is 0 Å². The number of hydrogen-bond donors (Lipinski definition) is 1. The normalized spacial score (nSPS) is 11.8. The van der Waals surface area contributed by atoms with Crippen molar-refractivity contribution in [3.8, 4) is 10.4 Å². The average molecular weight is 450 g/mol. The van der Waals surface area contributed by atoms with Gasteiger partial charge < -0.3 is 10.1 Å². The van der Waals surface area contributed by atoms with E-state index in [9.17, 15) is 9.59 Å². The Bertz CT molecular complexity index is 1110. The molecule has 0 saturated heterocycles. The van der Waals surface area contributed by atoms with E-state index in [0.29, 0.717) is 16.1 Å². The molecule has 0 bridgehead atoms. The van der Waals surface area contributed by atoms with Crippen molar-refractivity contribution in [2.45, 2.75) is 52.4 Å². The van der Waals surface area contributed by atoms with Crippen molar-refractivity contribution >= 4 is 28.9 Å². The molecule has 0 aliphatic heterocycles. The van der Waals surface area contributed by atoms with E-state index in [2.05, 4.69) is 59.0 Å². The number of carbonyl (C=O) groups is 2. The van der Waals surface area contributed by atoms with Crippen molar-refractivity contribution in [3.63, 3.8) is 0 Å². The van der Waals surface area contributed by atoms with Crippen LogP contribution in [0, 0.1) is 0 Å². The minimum atomic E-state index is -0.467. The molecule has 0 radical (unpaired) electrons. The molecular weight excluding hydrogens is 418 g/mol. The Labute approximate surface area is 194 Å². The van der Waals surface area contributed by atoms with Gasteiger partial charge in [-0.3, -0.25) is 4.79 Å². The second-order valence-electron chi connectivity index (χ2n) is 9.95. The molecule has 32 heavy (non-hydrogen) atoms. The summed E-state index contributed by atoms with van der Waals surface area (Å²) < 4.78 is 4.95. The maximum absolute atomic E-state index is 12.9. The summed E-state index contributed by atoms with van der Waals surface area (Å²) in [4.78, 5) is 26.5. The molecule has 1 aromatic heterocycles. The first kappa shape index (κ1) is 23.7. The molecule has 0 aliphatic carbocycles. The number of amides is 1. The van der Waals surface area contributed by atoms with E-state index in [1.807, 2.05) is 42.5 Å². The molecule has 168 valence electrons. The van der Waals surface area contributed by atoms with Crippen LogP contribution in [0.3, 0.4) is 0 Å². The lowest BCUT2D eigenvalue weighted by Crippen LogP contribution is -2.15. The molecular formula is C27H31NO3S. The van der Waals surface area contributed by atoms with Crippen LogP contribution >= 0.6 is 11.3 Å². The zero-order valence-corrected chi connectivity index (χ0v) is 20.6. The van der Waals surface area contributed by atoms with Gasteiger partial charge in [0.25, 0.3) is 5.91 Å². The quantitative estimate of drug-likeness (QED) is 0.434. The third kappa shape index (κ3) is 5.28.